The summed E-state index contributed by atoms with van der Waals surface area (Å²) < 4.78 is 0. The summed E-state index contributed by atoms with van der Waals surface area (Å²) in [5.41, 5.74) is 0. The van der Waals surface area contributed by atoms with Gasteiger partial charge in [-0.25, -0.2) is 0 Å². The predicted octanol–water partition coefficient (Wildman–Crippen LogP) is -0.949. The van der Waals surface area contributed by atoms with E-state index in [0.717, 1.165) is 19.3 Å². The highest BCUT2D eigenvalue weighted by Crippen LogP contribution is 1.97. The van der Waals surface area contributed by atoms with E-state index in [1.54, 1.807) is 6.92 Å². The van der Waals surface area contributed by atoms with E-state index in [2.05, 4.69) is 21.3 Å². The molecule has 0 unspecified atom stereocenters. The zero-order valence-corrected chi connectivity index (χ0v) is 13.3. The van der Waals surface area contributed by atoms with E-state index in [9.17, 15) is 19.2 Å². The van der Waals surface area contributed by atoms with Gasteiger partial charge in [-0.3, -0.25) is 19.2 Å². The van der Waals surface area contributed by atoms with Crippen molar-refractivity contribution in [2.45, 2.75) is 39.5 Å². The molecule has 0 radical (unpaired) electrons. The summed E-state index contributed by atoms with van der Waals surface area (Å²) >= 11 is 0. The number of nitrogens with one attached hydrogen (secondary N) is 4. The fraction of sp³-hybridized carbons (Fsp3) is 0.714. The third-order valence-corrected chi connectivity index (χ3v) is 2.72. The van der Waals surface area contributed by atoms with Gasteiger partial charge in [-0.05, 0) is 13.3 Å². The van der Waals surface area contributed by atoms with Crippen molar-refractivity contribution in [3.63, 3.8) is 0 Å². The van der Waals surface area contributed by atoms with Crippen molar-refractivity contribution in [1.82, 2.24) is 21.3 Å². The normalized spacial score (nSPS) is 9.73. The molecule has 4 amide bonds. The highest BCUT2D eigenvalue weighted by Gasteiger charge is 2.08. The van der Waals surface area contributed by atoms with E-state index in [0.29, 0.717) is 13.0 Å². The van der Waals surface area contributed by atoms with Gasteiger partial charge in [-0.15, -0.1) is 0 Å². The molecule has 0 rings (SSSR count). The first kappa shape index (κ1) is 19.9. The lowest BCUT2D eigenvalue weighted by Crippen LogP contribution is -2.44. The van der Waals surface area contributed by atoms with Crippen molar-refractivity contribution < 1.29 is 19.2 Å². The molecule has 4 N–H and O–H groups in total. The summed E-state index contributed by atoms with van der Waals surface area (Å²) in [6.07, 6.45) is 3.20. The number of rotatable bonds is 11. The van der Waals surface area contributed by atoms with E-state index >= 15 is 0 Å². The molecule has 0 aliphatic heterocycles. The van der Waals surface area contributed by atoms with Crippen molar-refractivity contribution in [3.8, 4) is 0 Å². The van der Waals surface area contributed by atoms with Gasteiger partial charge in [0.15, 0.2) is 0 Å². The molecule has 0 atom stereocenters. The Kier molecular flexibility index (Phi) is 11.4. The Hall–Kier alpha value is -2.12. The van der Waals surface area contributed by atoms with E-state index in [1.165, 1.54) is 0 Å². The minimum Gasteiger partial charge on any atom is -0.355 e. The second-order valence-corrected chi connectivity index (χ2v) is 4.74. The summed E-state index contributed by atoms with van der Waals surface area (Å²) in [5.74, 6) is -1.38. The van der Waals surface area contributed by atoms with Crippen LogP contribution in [0.3, 0.4) is 0 Å². The van der Waals surface area contributed by atoms with Crippen molar-refractivity contribution in [2.24, 2.45) is 0 Å². The number of carbonyl (C=O) groups is 4. The zero-order chi connectivity index (χ0) is 16.8. The minimum atomic E-state index is -0.464. The maximum absolute atomic E-state index is 11.4. The topological polar surface area (TPSA) is 116 Å². The lowest BCUT2D eigenvalue weighted by atomic mass is 10.2. The highest BCUT2D eigenvalue weighted by molar-refractivity contribution is 5.89. The van der Waals surface area contributed by atoms with Gasteiger partial charge in [0.05, 0.1) is 19.6 Å². The summed E-state index contributed by atoms with van der Waals surface area (Å²) in [7, 11) is 0. The molecular weight excluding hydrogens is 288 g/mol. The molecule has 126 valence electrons. The zero-order valence-electron chi connectivity index (χ0n) is 13.3. The smallest absolute Gasteiger partial charge is 0.239 e. The number of amides is 4. The van der Waals surface area contributed by atoms with Gasteiger partial charge in [0, 0.05) is 13.0 Å². The fourth-order valence-corrected chi connectivity index (χ4v) is 1.55. The summed E-state index contributed by atoms with van der Waals surface area (Å²) in [6.45, 7) is 3.79. The third kappa shape index (κ3) is 11.7. The summed E-state index contributed by atoms with van der Waals surface area (Å²) in [4.78, 5) is 45.3. The Morgan fingerprint density at radius 3 is 1.55 bits per heavy atom. The molecule has 0 bridgehead atoms. The number of hydrogen-bond acceptors (Lipinski definition) is 4. The van der Waals surface area contributed by atoms with Crippen LogP contribution < -0.4 is 21.3 Å². The highest BCUT2D eigenvalue weighted by atomic mass is 16.2. The first-order chi connectivity index (χ1) is 10.5. The van der Waals surface area contributed by atoms with E-state index in [-0.39, 0.29) is 31.4 Å². The molecule has 0 heterocycles. The van der Waals surface area contributed by atoms with Gasteiger partial charge in [0.25, 0.3) is 0 Å². The third-order valence-electron chi connectivity index (χ3n) is 2.72. The van der Waals surface area contributed by atoms with Crippen LogP contribution in [-0.4, -0.2) is 49.8 Å². The fourth-order valence-electron chi connectivity index (χ4n) is 1.55. The molecule has 0 saturated carbocycles. The molecule has 0 aromatic heterocycles. The van der Waals surface area contributed by atoms with Crippen LogP contribution in [0, 0.1) is 0 Å². The number of likely N-dealkylation sites (N-methyl/N-ethyl adjacent to an activating group) is 1. The van der Waals surface area contributed by atoms with E-state index in [4.69, 9.17) is 0 Å². The number of hydrogen-bond donors (Lipinski definition) is 4. The van der Waals surface area contributed by atoms with Crippen molar-refractivity contribution >= 4 is 23.6 Å². The van der Waals surface area contributed by atoms with Crippen LogP contribution in [0.2, 0.25) is 0 Å². The van der Waals surface area contributed by atoms with E-state index < -0.39 is 11.8 Å². The lowest BCUT2D eigenvalue weighted by molar-refractivity contribution is -0.128. The largest absolute Gasteiger partial charge is 0.355 e. The van der Waals surface area contributed by atoms with Crippen molar-refractivity contribution in [3.05, 3.63) is 0 Å². The Balaban J connectivity index is 3.69. The van der Waals surface area contributed by atoms with Gasteiger partial charge in [-0.2, -0.15) is 0 Å². The van der Waals surface area contributed by atoms with Crippen molar-refractivity contribution in [2.75, 3.05) is 26.2 Å². The van der Waals surface area contributed by atoms with Crippen LogP contribution in [0.15, 0.2) is 0 Å². The Bertz CT molecular complexity index is 385. The standard InChI is InChI=1S/C14H26N4O4/c1-3-5-6-7-11(19)16-9-13(21)18-10-14(22)17-8-12(20)15-4-2/h3-10H2,1-2H3,(H,15,20)(H,16,19)(H,17,22)(H,18,21). The second kappa shape index (κ2) is 12.6. The monoisotopic (exact) mass is 314 g/mol. The molecule has 8 heteroatoms. The molecular formula is C14H26N4O4. The molecule has 0 aliphatic rings. The number of unbranched alkanes of at least 4 members (excludes halogenated alkanes) is 2. The SMILES string of the molecule is CCCCCC(=O)NCC(=O)NCC(=O)NCC(=O)NCC. The molecule has 0 fully saturated rings. The molecule has 22 heavy (non-hydrogen) atoms. The van der Waals surface area contributed by atoms with Gasteiger partial charge in [-0.1, -0.05) is 19.8 Å². The van der Waals surface area contributed by atoms with Crippen LogP contribution in [0.5, 0.6) is 0 Å². The lowest BCUT2D eigenvalue weighted by Gasteiger charge is -2.08. The second-order valence-electron chi connectivity index (χ2n) is 4.74. The summed E-state index contributed by atoms with van der Waals surface area (Å²) in [5, 5.41) is 9.75. The molecule has 0 aromatic carbocycles. The molecule has 0 aliphatic carbocycles. The number of carbonyl (C=O) groups excluding carboxylic acids is 4. The molecule has 0 spiro atoms. The van der Waals surface area contributed by atoms with Crippen LogP contribution >= 0.6 is 0 Å². The molecule has 0 aromatic rings. The van der Waals surface area contributed by atoms with E-state index in [1.807, 2.05) is 6.92 Å². The Morgan fingerprint density at radius 1 is 0.636 bits per heavy atom. The van der Waals surface area contributed by atoms with Crippen LogP contribution in [-0.2, 0) is 19.2 Å². The van der Waals surface area contributed by atoms with Gasteiger partial charge >= 0.3 is 0 Å². The predicted molar refractivity (Wildman–Crippen MR) is 81.9 cm³/mol. The van der Waals surface area contributed by atoms with Gasteiger partial charge in [0.1, 0.15) is 0 Å². The maximum Gasteiger partial charge on any atom is 0.239 e. The van der Waals surface area contributed by atoms with Crippen molar-refractivity contribution in [1.29, 1.82) is 0 Å². The Morgan fingerprint density at radius 2 is 1.09 bits per heavy atom. The van der Waals surface area contributed by atoms with Crippen LogP contribution in [0.4, 0.5) is 0 Å². The average Bonchev–Trinajstić information content (AvgIpc) is 2.49. The van der Waals surface area contributed by atoms with Crippen LogP contribution in [0.1, 0.15) is 39.5 Å². The first-order valence-corrected chi connectivity index (χ1v) is 7.56. The first-order valence-electron chi connectivity index (χ1n) is 7.56. The summed E-state index contributed by atoms with van der Waals surface area (Å²) in [6, 6.07) is 0. The minimum absolute atomic E-state index is 0.128. The average molecular weight is 314 g/mol. The van der Waals surface area contributed by atoms with Crippen LogP contribution in [0.25, 0.3) is 0 Å². The Labute approximate surface area is 130 Å². The quantitative estimate of drug-likeness (QED) is 0.368. The molecule has 8 nitrogen and oxygen atoms in total. The van der Waals surface area contributed by atoms with Gasteiger partial charge < -0.3 is 21.3 Å². The van der Waals surface area contributed by atoms with Gasteiger partial charge in [0.2, 0.25) is 23.6 Å². The maximum atomic E-state index is 11.4. The molecule has 0 saturated heterocycles.